The minimum absolute atomic E-state index is 0.0277. The van der Waals surface area contributed by atoms with Crippen LogP contribution in [-0.2, 0) is 9.59 Å². The average Bonchev–Trinajstić information content (AvgIpc) is 2.33. The van der Waals surface area contributed by atoms with Crippen molar-refractivity contribution < 1.29 is 14.3 Å². The lowest BCUT2D eigenvalue weighted by Crippen LogP contribution is -2.45. The fraction of sp³-hybridized carbons (Fsp3) is 0.364. The molecule has 1 N–H and O–H groups in total. The monoisotopic (exact) mass is 235 g/mol. The summed E-state index contributed by atoms with van der Waals surface area (Å²) in [7, 11) is 0. The lowest BCUT2D eigenvalue weighted by molar-refractivity contribution is -0.125. The lowest BCUT2D eigenvalue weighted by atomic mass is 10.3. The molecule has 1 aromatic heterocycles. The van der Waals surface area contributed by atoms with Gasteiger partial charge in [0.2, 0.25) is 5.91 Å². The highest BCUT2D eigenvalue weighted by Gasteiger charge is 2.27. The summed E-state index contributed by atoms with van der Waals surface area (Å²) in [5.74, 6) is 0.452. The molecule has 0 atom stereocenters. The molecule has 0 radical (unpaired) electrons. The smallest absolute Gasteiger partial charge is 0.266 e. The molecular formula is C11H13N3O3. The Hall–Kier alpha value is -2.11. The Kier molecular flexibility index (Phi) is 3.22. The van der Waals surface area contributed by atoms with Crippen molar-refractivity contribution in [1.82, 2.24) is 10.3 Å². The number of anilines is 1. The molecule has 1 aliphatic heterocycles. The minimum Gasteiger partial charge on any atom is -0.480 e. The summed E-state index contributed by atoms with van der Waals surface area (Å²) in [6.45, 7) is 2.27. The number of hydrogen-bond acceptors (Lipinski definition) is 4. The van der Waals surface area contributed by atoms with Crippen LogP contribution in [0.4, 0.5) is 5.82 Å². The van der Waals surface area contributed by atoms with E-state index in [2.05, 4.69) is 10.3 Å². The van der Waals surface area contributed by atoms with Gasteiger partial charge >= 0.3 is 0 Å². The molecule has 0 saturated carbocycles. The van der Waals surface area contributed by atoms with Crippen LogP contribution in [0.3, 0.4) is 0 Å². The molecule has 0 aromatic carbocycles. The van der Waals surface area contributed by atoms with E-state index in [0.29, 0.717) is 18.1 Å². The van der Waals surface area contributed by atoms with E-state index in [-0.39, 0.29) is 25.0 Å². The van der Waals surface area contributed by atoms with Gasteiger partial charge in [-0.3, -0.25) is 14.5 Å². The molecular weight excluding hydrogens is 222 g/mol. The van der Waals surface area contributed by atoms with Gasteiger partial charge in [-0.25, -0.2) is 4.98 Å². The van der Waals surface area contributed by atoms with Crippen LogP contribution in [0.25, 0.3) is 0 Å². The summed E-state index contributed by atoms with van der Waals surface area (Å²) < 4.78 is 5.22. The standard InChI is InChI=1S/C11H13N3O3/c1-2-12-9(15)6-14-10(16)7-17-8-4-3-5-13-11(8)14/h3-5H,2,6-7H2,1H3,(H,12,15). The van der Waals surface area contributed by atoms with Crippen LogP contribution in [-0.4, -0.2) is 36.5 Å². The third kappa shape index (κ3) is 2.35. The number of pyridine rings is 1. The zero-order valence-electron chi connectivity index (χ0n) is 9.47. The summed E-state index contributed by atoms with van der Waals surface area (Å²) in [5, 5.41) is 2.64. The molecule has 0 bridgehead atoms. The third-order valence-corrected chi connectivity index (χ3v) is 2.33. The van der Waals surface area contributed by atoms with Crippen LogP contribution in [0, 0.1) is 0 Å². The second-order valence-electron chi connectivity index (χ2n) is 3.55. The van der Waals surface area contributed by atoms with Gasteiger partial charge in [0.15, 0.2) is 18.2 Å². The van der Waals surface area contributed by atoms with Crippen molar-refractivity contribution in [1.29, 1.82) is 0 Å². The number of hydrogen-bond donors (Lipinski definition) is 1. The molecule has 0 unspecified atom stereocenters. The first-order valence-electron chi connectivity index (χ1n) is 5.37. The molecule has 0 aliphatic carbocycles. The highest BCUT2D eigenvalue weighted by atomic mass is 16.5. The van der Waals surface area contributed by atoms with Gasteiger partial charge in [-0.2, -0.15) is 0 Å². The van der Waals surface area contributed by atoms with Gasteiger partial charge in [0.25, 0.3) is 5.91 Å². The Bertz CT molecular complexity index is 447. The molecule has 2 amide bonds. The van der Waals surface area contributed by atoms with Crippen LogP contribution in [0.15, 0.2) is 18.3 Å². The summed E-state index contributed by atoms with van der Waals surface area (Å²) >= 11 is 0. The number of carbonyl (C=O) groups is 2. The van der Waals surface area contributed by atoms with Crippen LogP contribution >= 0.6 is 0 Å². The summed E-state index contributed by atoms with van der Waals surface area (Å²) in [4.78, 5) is 28.6. The SMILES string of the molecule is CCNC(=O)CN1C(=O)COc2cccnc21. The third-order valence-electron chi connectivity index (χ3n) is 2.33. The molecule has 2 rings (SSSR count). The van der Waals surface area contributed by atoms with Gasteiger partial charge in [0.05, 0.1) is 0 Å². The Balaban J connectivity index is 2.21. The molecule has 0 spiro atoms. The molecule has 6 nitrogen and oxygen atoms in total. The molecule has 1 aliphatic rings. The lowest BCUT2D eigenvalue weighted by Gasteiger charge is -2.27. The predicted molar refractivity (Wildman–Crippen MR) is 60.8 cm³/mol. The molecule has 90 valence electrons. The predicted octanol–water partition coefficient (Wildman–Crippen LogP) is -0.0569. The van der Waals surface area contributed by atoms with Crippen molar-refractivity contribution in [3.63, 3.8) is 0 Å². The average molecular weight is 235 g/mol. The molecule has 6 heteroatoms. The maximum atomic E-state index is 11.7. The van der Waals surface area contributed by atoms with Crippen molar-refractivity contribution in [2.75, 3.05) is 24.6 Å². The number of nitrogens with zero attached hydrogens (tertiary/aromatic N) is 2. The highest BCUT2D eigenvalue weighted by Crippen LogP contribution is 2.28. The summed E-state index contributed by atoms with van der Waals surface area (Å²) in [6.07, 6.45) is 1.56. The Morgan fingerprint density at radius 3 is 3.24 bits per heavy atom. The van der Waals surface area contributed by atoms with Gasteiger partial charge in [-0.1, -0.05) is 0 Å². The van der Waals surface area contributed by atoms with E-state index in [0.717, 1.165) is 0 Å². The number of likely N-dealkylation sites (N-methyl/N-ethyl adjacent to an activating group) is 1. The normalized spacial score (nSPS) is 13.9. The van der Waals surface area contributed by atoms with Gasteiger partial charge in [0, 0.05) is 12.7 Å². The maximum Gasteiger partial charge on any atom is 0.266 e. The van der Waals surface area contributed by atoms with Crippen molar-refractivity contribution in [3.05, 3.63) is 18.3 Å². The minimum atomic E-state index is -0.262. The number of carbonyl (C=O) groups excluding carboxylic acids is 2. The first-order chi connectivity index (χ1) is 8.22. The number of ether oxygens (including phenoxy) is 1. The van der Waals surface area contributed by atoms with Gasteiger partial charge < -0.3 is 10.1 Å². The highest BCUT2D eigenvalue weighted by molar-refractivity contribution is 6.01. The number of amides is 2. The van der Waals surface area contributed by atoms with Crippen molar-refractivity contribution in [3.8, 4) is 5.75 Å². The fourth-order valence-corrected chi connectivity index (χ4v) is 1.59. The fourth-order valence-electron chi connectivity index (χ4n) is 1.59. The molecule has 0 saturated heterocycles. The quantitative estimate of drug-likeness (QED) is 0.797. The van der Waals surface area contributed by atoms with Crippen LogP contribution in [0.5, 0.6) is 5.75 Å². The molecule has 1 aromatic rings. The van der Waals surface area contributed by atoms with Crippen molar-refractivity contribution in [2.45, 2.75) is 6.92 Å². The van der Waals surface area contributed by atoms with Crippen molar-refractivity contribution in [2.24, 2.45) is 0 Å². The second-order valence-corrected chi connectivity index (χ2v) is 3.55. The summed E-state index contributed by atoms with van der Waals surface area (Å²) in [6, 6.07) is 3.44. The molecule has 17 heavy (non-hydrogen) atoms. The zero-order valence-corrected chi connectivity index (χ0v) is 9.47. The van der Waals surface area contributed by atoms with Crippen LogP contribution < -0.4 is 15.0 Å². The first kappa shape index (κ1) is 11.4. The van der Waals surface area contributed by atoms with Crippen LogP contribution in [0.2, 0.25) is 0 Å². The zero-order chi connectivity index (χ0) is 12.3. The topological polar surface area (TPSA) is 71.5 Å². The van der Waals surface area contributed by atoms with Gasteiger partial charge in [-0.15, -0.1) is 0 Å². The van der Waals surface area contributed by atoms with E-state index in [1.54, 1.807) is 18.3 Å². The van der Waals surface area contributed by atoms with E-state index < -0.39 is 0 Å². The van der Waals surface area contributed by atoms with E-state index in [4.69, 9.17) is 4.74 Å². The number of nitrogens with one attached hydrogen (secondary N) is 1. The Labute approximate surface area is 98.6 Å². The van der Waals surface area contributed by atoms with E-state index >= 15 is 0 Å². The second kappa shape index (κ2) is 4.82. The summed E-state index contributed by atoms with van der Waals surface area (Å²) in [5.41, 5.74) is 0. The Morgan fingerprint density at radius 2 is 2.47 bits per heavy atom. The molecule has 2 heterocycles. The van der Waals surface area contributed by atoms with Crippen molar-refractivity contribution >= 4 is 17.6 Å². The van der Waals surface area contributed by atoms with Crippen LogP contribution in [0.1, 0.15) is 6.92 Å². The van der Waals surface area contributed by atoms with Gasteiger partial charge in [0.1, 0.15) is 6.54 Å². The maximum absolute atomic E-state index is 11.7. The molecule has 0 fully saturated rings. The van der Waals surface area contributed by atoms with E-state index in [1.807, 2.05) is 6.92 Å². The number of fused-ring (bicyclic) bond motifs is 1. The first-order valence-corrected chi connectivity index (χ1v) is 5.37. The van der Waals surface area contributed by atoms with Gasteiger partial charge in [-0.05, 0) is 19.1 Å². The number of rotatable bonds is 3. The Morgan fingerprint density at radius 1 is 1.65 bits per heavy atom. The van der Waals surface area contributed by atoms with E-state index in [1.165, 1.54) is 4.90 Å². The number of aromatic nitrogens is 1. The van der Waals surface area contributed by atoms with E-state index in [9.17, 15) is 9.59 Å². The largest absolute Gasteiger partial charge is 0.480 e.